The SMILES string of the molecule is O=C1CCCCc2nc3ccc(Cl)cc3c(-c3ccccc3)c21. The van der Waals surface area contributed by atoms with Crippen LogP contribution in [-0.4, -0.2) is 10.8 Å². The Hall–Kier alpha value is -2.19. The molecule has 0 amide bonds. The topological polar surface area (TPSA) is 30.0 Å². The first-order valence-electron chi connectivity index (χ1n) is 7.95. The standard InChI is InChI=1S/C20H16ClNO/c21-14-10-11-16-15(12-14)19(13-6-2-1-3-7-13)20-17(22-16)8-4-5-9-18(20)23/h1-3,6-7,10-12H,4-5,8-9H2. The molecule has 0 atom stereocenters. The van der Waals surface area contributed by atoms with Crippen LogP contribution in [0.4, 0.5) is 0 Å². The van der Waals surface area contributed by atoms with E-state index in [-0.39, 0.29) is 5.78 Å². The summed E-state index contributed by atoms with van der Waals surface area (Å²) >= 11 is 6.22. The maximum absolute atomic E-state index is 12.8. The molecule has 114 valence electrons. The van der Waals surface area contributed by atoms with Crippen LogP contribution in [0.15, 0.2) is 48.5 Å². The molecule has 23 heavy (non-hydrogen) atoms. The number of rotatable bonds is 1. The third kappa shape index (κ3) is 2.53. The number of carbonyl (C=O) groups is 1. The lowest BCUT2D eigenvalue weighted by Gasteiger charge is -2.15. The Morgan fingerprint density at radius 2 is 1.70 bits per heavy atom. The van der Waals surface area contributed by atoms with E-state index in [9.17, 15) is 4.79 Å². The lowest BCUT2D eigenvalue weighted by Crippen LogP contribution is -2.06. The van der Waals surface area contributed by atoms with Crippen LogP contribution in [0.5, 0.6) is 0 Å². The highest BCUT2D eigenvalue weighted by molar-refractivity contribution is 6.31. The van der Waals surface area contributed by atoms with Crippen molar-refractivity contribution in [2.24, 2.45) is 0 Å². The number of hydrogen-bond acceptors (Lipinski definition) is 2. The van der Waals surface area contributed by atoms with Crippen molar-refractivity contribution in [2.75, 3.05) is 0 Å². The lowest BCUT2D eigenvalue weighted by molar-refractivity contribution is 0.0982. The quantitative estimate of drug-likeness (QED) is 0.557. The Morgan fingerprint density at radius 1 is 0.913 bits per heavy atom. The molecule has 2 aromatic carbocycles. The molecule has 0 bridgehead atoms. The zero-order chi connectivity index (χ0) is 15.8. The Bertz CT molecular complexity index is 902. The molecule has 1 heterocycles. The number of aryl methyl sites for hydroxylation is 1. The van der Waals surface area contributed by atoms with Crippen molar-refractivity contribution >= 4 is 28.3 Å². The second-order valence-electron chi connectivity index (χ2n) is 5.97. The molecule has 0 unspecified atom stereocenters. The number of fused-ring (bicyclic) bond motifs is 2. The van der Waals surface area contributed by atoms with E-state index >= 15 is 0 Å². The van der Waals surface area contributed by atoms with E-state index in [0.29, 0.717) is 11.4 Å². The van der Waals surface area contributed by atoms with Gasteiger partial charge < -0.3 is 0 Å². The minimum atomic E-state index is 0.200. The molecular weight excluding hydrogens is 306 g/mol. The monoisotopic (exact) mass is 321 g/mol. The summed E-state index contributed by atoms with van der Waals surface area (Å²) in [6, 6.07) is 15.8. The third-order valence-corrected chi connectivity index (χ3v) is 4.67. The normalized spacial score (nSPS) is 14.6. The van der Waals surface area contributed by atoms with Crippen LogP contribution >= 0.6 is 11.6 Å². The molecule has 0 fully saturated rings. The largest absolute Gasteiger partial charge is 0.294 e. The summed E-state index contributed by atoms with van der Waals surface area (Å²) in [5.41, 5.74) is 4.67. The fraction of sp³-hybridized carbons (Fsp3) is 0.200. The summed E-state index contributed by atoms with van der Waals surface area (Å²) in [4.78, 5) is 17.5. The van der Waals surface area contributed by atoms with E-state index in [1.807, 2.05) is 48.5 Å². The molecule has 3 aromatic rings. The predicted molar refractivity (Wildman–Crippen MR) is 94.1 cm³/mol. The Labute approximate surface area is 140 Å². The number of hydrogen-bond donors (Lipinski definition) is 0. The molecule has 0 radical (unpaired) electrons. The van der Waals surface area contributed by atoms with Crippen LogP contribution in [0.2, 0.25) is 5.02 Å². The number of ketones is 1. The third-order valence-electron chi connectivity index (χ3n) is 4.43. The molecule has 0 saturated carbocycles. The van der Waals surface area contributed by atoms with Gasteiger partial charge in [0.2, 0.25) is 0 Å². The van der Waals surface area contributed by atoms with Gasteiger partial charge in [-0.25, -0.2) is 0 Å². The van der Waals surface area contributed by atoms with Crippen molar-refractivity contribution < 1.29 is 4.79 Å². The van der Waals surface area contributed by atoms with Crippen molar-refractivity contribution in [2.45, 2.75) is 25.7 Å². The maximum atomic E-state index is 12.8. The Kier molecular flexibility index (Phi) is 3.62. The summed E-state index contributed by atoms with van der Waals surface area (Å²) in [5.74, 6) is 0.200. The van der Waals surface area contributed by atoms with Crippen LogP contribution in [0.25, 0.3) is 22.0 Å². The van der Waals surface area contributed by atoms with Gasteiger partial charge in [0.05, 0.1) is 11.2 Å². The van der Waals surface area contributed by atoms with E-state index in [0.717, 1.165) is 52.5 Å². The van der Waals surface area contributed by atoms with Gasteiger partial charge in [0.15, 0.2) is 5.78 Å². The molecule has 1 aliphatic rings. The van der Waals surface area contributed by atoms with Gasteiger partial charge in [-0.1, -0.05) is 41.9 Å². The highest BCUT2D eigenvalue weighted by Crippen LogP contribution is 2.36. The van der Waals surface area contributed by atoms with Gasteiger partial charge in [-0.3, -0.25) is 9.78 Å². The maximum Gasteiger partial charge on any atom is 0.165 e. The average molecular weight is 322 g/mol. The van der Waals surface area contributed by atoms with Gasteiger partial charge in [-0.15, -0.1) is 0 Å². The first-order valence-corrected chi connectivity index (χ1v) is 8.32. The summed E-state index contributed by atoms with van der Waals surface area (Å²) in [5, 5.41) is 1.62. The van der Waals surface area contributed by atoms with E-state index in [1.165, 1.54) is 0 Å². The van der Waals surface area contributed by atoms with Gasteiger partial charge in [0, 0.05) is 28.0 Å². The second kappa shape index (κ2) is 5.78. The van der Waals surface area contributed by atoms with Crippen LogP contribution < -0.4 is 0 Å². The number of halogens is 1. The fourth-order valence-electron chi connectivity index (χ4n) is 3.38. The highest BCUT2D eigenvalue weighted by atomic mass is 35.5. The molecule has 0 N–H and O–H groups in total. The van der Waals surface area contributed by atoms with E-state index in [4.69, 9.17) is 16.6 Å². The van der Waals surface area contributed by atoms with Gasteiger partial charge in [-0.2, -0.15) is 0 Å². The molecule has 0 saturated heterocycles. The number of pyridine rings is 1. The van der Waals surface area contributed by atoms with Crippen molar-refractivity contribution in [3.8, 4) is 11.1 Å². The number of nitrogens with zero attached hydrogens (tertiary/aromatic N) is 1. The zero-order valence-corrected chi connectivity index (χ0v) is 13.4. The molecule has 0 spiro atoms. The number of Topliss-reactive ketones (excluding diaryl/α,β-unsaturated/α-hetero) is 1. The minimum absolute atomic E-state index is 0.200. The summed E-state index contributed by atoms with van der Waals surface area (Å²) < 4.78 is 0. The van der Waals surface area contributed by atoms with Crippen molar-refractivity contribution in [1.29, 1.82) is 0 Å². The first kappa shape index (κ1) is 14.4. The number of benzene rings is 2. The lowest BCUT2D eigenvalue weighted by atomic mass is 9.91. The molecule has 1 aromatic heterocycles. The van der Waals surface area contributed by atoms with Crippen LogP contribution in [0.1, 0.15) is 35.3 Å². The minimum Gasteiger partial charge on any atom is -0.294 e. The Morgan fingerprint density at radius 3 is 2.52 bits per heavy atom. The van der Waals surface area contributed by atoms with Gasteiger partial charge >= 0.3 is 0 Å². The predicted octanol–water partition coefficient (Wildman–Crippen LogP) is 5.46. The Balaban J connectivity index is 2.14. The molecular formula is C20H16ClNO. The molecule has 3 heteroatoms. The molecule has 2 nitrogen and oxygen atoms in total. The van der Waals surface area contributed by atoms with Crippen LogP contribution in [0.3, 0.4) is 0 Å². The van der Waals surface area contributed by atoms with Gasteiger partial charge in [-0.05, 0) is 43.0 Å². The number of carbonyl (C=O) groups excluding carboxylic acids is 1. The van der Waals surface area contributed by atoms with Gasteiger partial charge in [0.1, 0.15) is 0 Å². The van der Waals surface area contributed by atoms with E-state index < -0.39 is 0 Å². The summed E-state index contributed by atoms with van der Waals surface area (Å²) in [6.45, 7) is 0. The second-order valence-corrected chi connectivity index (χ2v) is 6.40. The number of aromatic nitrogens is 1. The molecule has 0 aliphatic heterocycles. The molecule has 4 rings (SSSR count). The fourth-order valence-corrected chi connectivity index (χ4v) is 3.55. The van der Waals surface area contributed by atoms with E-state index in [2.05, 4.69) is 0 Å². The smallest absolute Gasteiger partial charge is 0.165 e. The molecule has 1 aliphatic carbocycles. The summed E-state index contributed by atoms with van der Waals surface area (Å²) in [7, 11) is 0. The zero-order valence-electron chi connectivity index (χ0n) is 12.7. The first-order chi connectivity index (χ1) is 11.2. The average Bonchev–Trinajstić information content (AvgIpc) is 2.75. The summed E-state index contributed by atoms with van der Waals surface area (Å²) in [6.07, 6.45) is 3.40. The van der Waals surface area contributed by atoms with Crippen molar-refractivity contribution in [3.05, 3.63) is 64.8 Å². The van der Waals surface area contributed by atoms with Crippen molar-refractivity contribution in [3.63, 3.8) is 0 Å². The van der Waals surface area contributed by atoms with Gasteiger partial charge in [0.25, 0.3) is 0 Å². The van der Waals surface area contributed by atoms with Crippen LogP contribution in [-0.2, 0) is 6.42 Å². The van der Waals surface area contributed by atoms with Crippen LogP contribution in [0, 0.1) is 0 Å². The van der Waals surface area contributed by atoms with Crippen molar-refractivity contribution in [1.82, 2.24) is 4.98 Å². The highest BCUT2D eigenvalue weighted by Gasteiger charge is 2.23. The van der Waals surface area contributed by atoms with E-state index in [1.54, 1.807) is 0 Å².